The van der Waals surface area contributed by atoms with E-state index in [1.807, 2.05) is 13.8 Å². The minimum absolute atomic E-state index is 0.357. The number of rotatable bonds is 5. The van der Waals surface area contributed by atoms with Gasteiger partial charge in [0.15, 0.2) is 0 Å². The van der Waals surface area contributed by atoms with Gasteiger partial charge in [-0.3, -0.25) is 14.5 Å². The molecule has 0 aliphatic carbocycles. The Morgan fingerprint density at radius 1 is 1.33 bits per heavy atom. The topological polar surface area (TPSA) is 48.1 Å². The average molecular weight is 289 g/mol. The summed E-state index contributed by atoms with van der Waals surface area (Å²) in [4.78, 5) is 4.69. The van der Waals surface area contributed by atoms with Crippen LogP contribution in [0.2, 0.25) is 0 Å². The van der Waals surface area contributed by atoms with Crippen molar-refractivity contribution in [3.63, 3.8) is 0 Å². The van der Waals surface area contributed by atoms with Crippen molar-refractivity contribution in [3.8, 4) is 6.07 Å². The van der Waals surface area contributed by atoms with E-state index in [4.69, 9.17) is 0 Å². The number of aromatic nitrogens is 2. The van der Waals surface area contributed by atoms with E-state index in [2.05, 4.69) is 51.8 Å². The van der Waals surface area contributed by atoms with Gasteiger partial charge in [0.05, 0.1) is 11.8 Å². The molecule has 1 saturated heterocycles. The third-order valence-corrected chi connectivity index (χ3v) is 4.53. The van der Waals surface area contributed by atoms with Crippen molar-refractivity contribution in [2.45, 2.75) is 52.2 Å². The monoisotopic (exact) mass is 289 g/mol. The predicted octanol–water partition coefficient (Wildman–Crippen LogP) is 2.27. The molecule has 0 spiro atoms. The highest BCUT2D eigenvalue weighted by molar-refractivity contribution is 5.04. The van der Waals surface area contributed by atoms with Gasteiger partial charge in [0.1, 0.15) is 5.54 Å². The van der Waals surface area contributed by atoms with Crippen molar-refractivity contribution in [2.24, 2.45) is 0 Å². The molecule has 1 atom stereocenters. The van der Waals surface area contributed by atoms with Crippen LogP contribution in [-0.2, 0) is 6.54 Å². The molecule has 0 saturated carbocycles. The predicted molar refractivity (Wildman–Crippen MR) is 83.8 cm³/mol. The highest BCUT2D eigenvalue weighted by atomic mass is 15.3. The summed E-state index contributed by atoms with van der Waals surface area (Å²) in [6.07, 6.45) is 3.18. The summed E-state index contributed by atoms with van der Waals surface area (Å²) in [5.41, 5.74) is 0.785. The SMILES string of the molecule is CCC(C)n1ccc(CN2CCN(C(C)(C)C#N)CC2)n1. The molecule has 1 aliphatic rings. The van der Waals surface area contributed by atoms with Crippen molar-refractivity contribution in [3.05, 3.63) is 18.0 Å². The molecule has 1 fully saturated rings. The number of hydrogen-bond acceptors (Lipinski definition) is 4. The molecule has 116 valence electrons. The van der Waals surface area contributed by atoms with E-state index in [9.17, 15) is 5.26 Å². The standard InChI is InChI=1S/C16H27N5/c1-5-14(2)21-7-6-15(18-21)12-19-8-10-20(11-9-19)16(3,4)13-17/h6-7,14H,5,8-12H2,1-4H3. The quantitative estimate of drug-likeness (QED) is 0.834. The van der Waals surface area contributed by atoms with Gasteiger partial charge in [0.25, 0.3) is 0 Å². The summed E-state index contributed by atoms with van der Waals surface area (Å²) in [5.74, 6) is 0. The zero-order valence-corrected chi connectivity index (χ0v) is 13.7. The first-order chi connectivity index (χ1) is 9.96. The molecule has 0 radical (unpaired) electrons. The summed E-state index contributed by atoms with van der Waals surface area (Å²) in [6, 6.07) is 4.98. The molecule has 0 N–H and O–H groups in total. The highest BCUT2D eigenvalue weighted by Gasteiger charge is 2.29. The van der Waals surface area contributed by atoms with Gasteiger partial charge in [-0.1, -0.05) is 6.92 Å². The number of nitrogens with zero attached hydrogens (tertiary/aromatic N) is 5. The minimum atomic E-state index is -0.357. The maximum atomic E-state index is 9.21. The first-order valence-electron chi connectivity index (χ1n) is 7.89. The second-order valence-corrected chi connectivity index (χ2v) is 6.48. The van der Waals surface area contributed by atoms with E-state index >= 15 is 0 Å². The fourth-order valence-corrected chi connectivity index (χ4v) is 2.66. The second kappa shape index (κ2) is 6.59. The third kappa shape index (κ3) is 3.84. The van der Waals surface area contributed by atoms with Crippen LogP contribution >= 0.6 is 0 Å². The molecule has 2 heterocycles. The Balaban J connectivity index is 1.87. The van der Waals surface area contributed by atoms with Gasteiger partial charge in [0, 0.05) is 45.0 Å². The third-order valence-electron chi connectivity index (χ3n) is 4.53. The Morgan fingerprint density at radius 3 is 2.57 bits per heavy atom. The molecular formula is C16H27N5. The number of nitriles is 1. The Hall–Kier alpha value is -1.38. The lowest BCUT2D eigenvalue weighted by molar-refractivity contribution is 0.0756. The van der Waals surface area contributed by atoms with Gasteiger partial charge in [0.2, 0.25) is 0 Å². The summed E-state index contributed by atoms with van der Waals surface area (Å²) in [6.45, 7) is 13.2. The molecule has 1 aromatic heterocycles. The Bertz CT molecular complexity index is 491. The van der Waals surface area contributed by atoms with Gasteiger partial charge in [-0.2, -0.15) is 10.4 Å². The van der Waals surface area contributed by atoms with E-state index in [0.29, 0.717) is 6.04 Å². The average Bonchev–Trinajstić information content (AvgIpc) is 2.95. The normalized spacial score (nSPS) is 19.4. The lowest BCUT2D eigenvalue weighted by Crippen LogP contribution is -2.53. The van der Waals surface area contributed by atoms with Gasteiger partial charge in [-0.05, 0) is 33.3 Å². The van der Waals surface area contributed by atoms with Gasteiger partial charge >= 0.3 is 0 Å². The Labute approximate surface area is 128 Å². The van der Waals surface area contributed by atoms with Crippen LogP contribution in [0.4, 0.5) is 0 Å². The molecule has 0 bridgehead atoms. The Morgan fingerprint density at radius 2 is 2.00 bits per heavy atom. The van der Waals surface area contributed by atoms with E-state index in [0.717, 1.165) is 44.8 Å². The largest absolute Gasteiger partial charge is 0.295 e. The summed E-state index contributed by atoms with van der Waals surface area (Å²) in [7, 11) is 0. The number of piperazine rings is 1. The van der Waals surface area contributed by atoms with Crippen molar-refractivity contribution in [1.82, 2.24) is 19.6 Å². The van der Waals surface area contributed by atoms with Gasteiger partial charge in [-0.15, -0.1) is 0 Å². The lowest BCUT2D eigenvalue weighted by atomic mass is 10.0. The van der Waals surface area contributed by atoms with Crippen LogP contribution in [0.3, 0.4) is 0 Å². The van der Waals surface area contributed by atoms with E-state index in [1.165, 1.54) is 0 Å². The Kier molecular flexibility index (Phi) is 5.02. The molecule has 2 rings (SSSR count). The van der Waals surface area contributed by atoms with Crippen LogP contribution in [-0.4, -0.2) is 51.3 Å². The first kappa shape index (κ1) is 16.0. The fourth-order valence-electron chi connectivity index (χ4n) is 2.66. The first-order valence-corrected chi connectivity index (χ1v) is 7.89. The van der Waals surface area contributed by atoms with Gasteiger partial charge < -0.3 is 0 Å². The molecular weight excluding hydrogens is 262 g/mol. The zero-order chi connectivity index (χ0) is 15.5. The van der Waals surface area contributed by atoms with E-state index < -0.39 is 0 Å². The maximum Gasteiger partial charge on any atom is 0.103 e. The lowest BCUT2D eigenvalue weighted by Gasteiger charge is -2.40. The molecule has 0 aromatic carbocycles. The fraction of sp³-hybridized carbons (Fsp3) is 0.750. The van der Waals surface area contributed by atoms with E-state index in [-0.39, 0.29) is 5.54 Å². The maximum absolute atomic E-state index is 9.21. The van der Waals surface area contributed by atoms with Crippen molar-refractivity contribution in [2.75, 3.05) is 26.2 Å². The van der Waals surface area contributed by atoms with Crippen LogP contribution in [0.1, 0.15) is 45.9 Å². The summed E-state index contributed by atoms with van der Waals surface area (Å²) in [5, 5.41) is 13.9. The van der Waals surface area contributed by atoms with Crippen molar-refractivity contribution >= 4 is 0 Å². The van der Waals surface area contributed by atoms with Crippen molar-refractivity contribution in [1.29, 1.82) is 5.26 Å². The summed E-state index contributed by atoms with van der Waals surface area (Å²) >= 11 is 0. The number of hydrogen-bond donors (Lipinski definition) is 0. The van der Waals surface area contributed by atoms with Crippen LogP contribution in [0.25, 0.3) is 0 Å². The van der Waals surface area contributed by atoms with Crippen LogP contribution in [0, 0.1) is 11.3 Å². The molecule has 0 amide bonds. The molecule has 1 unspecified atom stereocenters. The van der Waals surface area contributed by atoms with Crippen LogP contribution in [0.5, 0.6) is 0 Å². The van der Waals surface area contributed by atoms with Gasteiger partial charge in [-0.25, -0.2) is 0 Å². The smallest absolute Gasteiger partial charge is 0.103 e. The van der Waals surface area contributed by atoms with E-state index in [1.54, 1.807) is 0 Å². The summed E-state index contributed by atoms with van der Waals surface area (Å²) < 4.78 is 2.06. The molecule has 1 aliphatic heterocycles. The second-order valence-electron chi connectivity index (χ2n) is 6.48. The van der Waals surface area contributed by atoms with Crippen LogP contribution < -0.4 is 0 Å². The van der Waals surface area contributed by atoms with Crippen LogP contribution in [0.15, 0.2) is 12.3 Å². The molecule has 1 aromatic rings. The minimum Gasteiger partial charge on any atom is -0.295 e. The molecule has 5 heteroatoms. The molecule has 21 heavy (non-hydrogen) atoms. The highest BCUT2D eigenvalue weighted by Crippen LogP contribution is 2.17. The molecule has 5 nitrogen and oxygen atoms in total. The zero-order valence-electron chi connectivity index (χ0n) is 13.7. The van der Waals surface area contributed by atoms with Crippen molar-refractivity contribution < 1.29 is 0 Å².